The Labute approximate surface area is 280 Å². The molecule has 0 unspecified atom stereocenters. The fourth-order valence-corrected chi connectivity index (χ4v) is 6.06. The molecule has 0 aliphatic heterocycles. The third-order valence-corrected chi connectivity index (χ3v) is 8.75. The molecule has 1 aliphatic rings. The first kappa shape index (κ1) is 30.5. The Bertz CT molecular complexity index is 2060. The van der Waals surface area contributed by atoms with Gasteiger partial charge >= 0.3 is 0 Å². The minimum atomic E-state index is -0.0172. The molecule has 3 heteroatoms. The molecule has 0 N–H and O–H groups in total. The molecule has 0 heterocycles. The second-order valence-electron chi connectivity index (χ2n) is 11.9. The van der Waals surface area contributed by atoms with Crippen LogP contribution in [0.15, 0.2) is 175 Å². The number of allylic oxidation sites excluding steroid dienone is 4. The summed E-state index contributed by atoms with van der Waals surface area (Å²) in [7, 11) is 0. The van der Waals surface area contributed by atoms with Crippen LogP contribution in [-0.4, -0.2) is 17.3 Å². The van der Waals surface area contributed by atoms with Gasteiger partial charge in [0.2, 0.25) is 0 Å². The van der Waals surface area contributed by atoms with Gasteiger partial charge < -0.3 is 0 Å². The molecule has 230 valence electrons. The third-order valence-electron chi connectivity index (χ3n) is 8.75. The van der Waals surface area contributed by atoms with Crippen molar-refractivity contribution in [2.45, 2.75) is 12.8 Å². The molecule has 0 spiro atoms. The van der Waals surface area contributed by atoms with Crippen molar-refractivity contribution in [3.8, 4) is 33.4 Å². The SMILES string of the molecule is O=C(C1=CC=CCC1)c1ccc(-c2cc(-c3ccc(C(=O)c4ccccc4)cc3)cc(-c3ccc(C(=O)c4ccccc4)cc3)c2)cc1. The van der Waals surface area contributed by atoms with Gasteiger partial charge in [0.1, 0.15) is 0 Å². The van der Waals surface area contributed by atoms with Gasteiger partial charge in [0.05, 0.1) is 0 Å². The van der Waals surface area contributed by atoms with Gasteiger partial charge in [-0.25, -0.2) is 0 Å². The molecule has 0 saturated carbocycles. The highest BCUT2D eigenvalue weighted by molar-refractivity contribution is 6.10. The van der Waals surface area contributed by atoms with E-state index in [1.165, 1.54) is 0 Å². The van der Waals surface area contributed by atoms with Crippen LogP contribution in [0.1, 0.15) is 55.0 Å². The number of hydrogen-bond acceptors (Lipinski definition) is 3. The van der Waals surface area contributed by atoms with Gasteiger partial charge in [0.15, 0.2) is 17.3 Å². The minimum absolute atomic E-state index is 0.0172. The number of rotatable bonds is 9. The first-order valence-corrected chi connectivity index (χ1v) is 16.1. The largest absolute Gasteiger partial charge is 0.289 e. The van der Waals surface area contributed by atoms with Crippen molar-refractivity contribution < 1.29 is 14.4 Å². The highest BCUT2D eigenvalue weighted by atomic mass is 16.1. The molecule has 0 aromatic heterocycles. The standard InChI is InChI=1S/C45H32O3/c46-43(34-10-4-1-5-11-34)37-22-16-31(17-23-37)40-28-41(32-18-24-38(25-19-32)44(47)35-12-6-2-7-13-35)30-42(29-40)33-20-26-39(27-21-33)45(48)36-14-8-3-9-15-36/h1-8,10-14,16-30H,9,15H2. The normalized spacial score (nSPS) is 12.3. The maximum atomic E-state index is 13.1. The fraction of sp³-hybridized carbons (Fsp3) is 0.0444. The Balaban J connectivity index is 1.24. The molecule has 48 heavy (non-hydrogen) atoms. The van der Waals surface area contributed by atoms with Crippen molar-refractivity contribution in [3.05, 3.63) is 203 Å². The summed E-state index contributed by atoms with van der Waals surface area (Å²) in [5.41, 5.74) is 9.98. The van der Waals surface area contributed by atoms with Crippen molar-refractivity contribution in [1.82, 2.24) is 0 Å². The second-order valence-corrected chi connectivity index (χ2v) is 11.9. The van der Waals surface area contributed by atoms with E-state index in [1.807, 2.05) is 146 Å². The van der Waals surface area contributed by atoms with E-state index in [0.29, 0.717) is 27.8 Å². The lowest BCUT2D eigenvalue weighted by molar-refractivity contribution is 0.102. The van der Waals surface area contributed by atoms with Gasteiger partial charge in [-0.05, 0) is 64.4 Å². The lowest BCUT2D eigenvalue weighted by atomic mass is 9.91. The number of ketones is 3. The molecule has 3 nitrogen and oxygen atoms in total. The Kier molecular flexibility index (Phi) is 8.67. The minimum Gasteiger partial charge on any atom is -0.289 e. The van der Waals surface area contributed by atoms with E-state index in [9.17, 15) is 14.4 Å². The summed E-state index contributed by atoms with van der Waals surface area (Å²) in [5, 5.41) is 0. The zero-order valence-electron chi connectivity index (χ0n) is 26.3. The van der Waals surface area contributed by atoms with Gasteiger partial charge in [-0.15, -0.1) is 0 Å². The number of Topliss-reactive ketones (excluding diaryl/α,β-unsaturated/α-hetero) is 1. The maximum Gasteiger partial charge on any atom is 0.193 e. The maximum absolute atomic E-state index is 13.1. The lowest BCUT2D eigenvalue weighted by Gasteiger charge is -2.13. The predicted molar refractivity (Wildman–Crippen MR) is 193 cm³/mol. The summed E-state index contributed by atoms with van der Waals surface area (Å²) < 4.78 is 0. The molecule has 7 rings (SSSR count). The summed E-state index contributed by atoms with van der Waals surface area (Å²) in [5.74, 6) is 0.0309. The van der Waals surface area contributed by atoms with Crippen LogP contribution in [0.5, 0.6) is 0 Å². The molecular formula is C45H32O3. The van der Waals surface area contributed by atoms with E-state index >= 15 is 0 Å². The zero-order chi connectivity index (χ0) is 32.9. The molecule has 0 fully saturated rings. The van der Waals surface area contributed by atoms with Crippen molar-refractivity contribution in [1.29, 1.82) is 0 Å². The number of carbonyl (C=O) groups excluding carboxylic acids is 3. The van der Waals surface area contributed by atoms with E-state index in [4.69, 9.17) is 0 Å². The van der Waals surface area contributed by atoms with Crippen LogP contribution in [0.2, 0.25) is 0 Å². The first-order chi connectivity index (χ1) is 23.5. The van der Waals surface area contributed by atoms with Gasteiger partial charge in [0, 0.05) is 33.4 Å². The molecule has 6 aromatic rings. The zero-order valence-corrected chi connectivity index (χ0v) is 26.3. The number of hydrogen-bond donors (Lipinski definition) is 0. The molecule has 0 atom stereocenters. The van der Waals surface area contributed by atoms with Crippen LogP contribution in [-0.2, 0) is 0 Å². The Morgan fingerprint density at radius 3 is 1.08 bits per heavy atom. The van der Waals surface area contributed by atoms with E-state index in [-0.39, 0.29) is 17.3 Å². The summed E-state index contributed by atoms with van der Waals surface area (Å²) in [6, 6.07) is 48.2. The van der Waals surface area contributed by atoms with E-state index in [0.717, 1.165) is 51.8 Å². The Morgan fingerprint density at radius 2 is 0.729 bits per heavy atom. The van der Waals surface area contributed by atoms with Crippen molar-refractivity contribution in [3.63, 3.8) is 0 Å². The molecular weight excluding hydrogens is 588 g/mol. The van der Waals surface area contributed by atoms with Crippen LogP contribution in [0, 0.1) is 0 Å². The average Bonchev–Trinajstić information content (AvgIpc) is 3.18. The van der Waals surface area contributed by atoms with Crippen molar-refractivity contribution >= 4 is 17.3 Å². The monoisotopic (exact) mass is 620 g/mol. The first-order valence-electron chi connectivity index (χ1n) is 16.1. The average molecular weight is 621 g/mol. The van der Waals surface area contributed by atoms with Crippen LogP contribution in [0.3, 0.4) is 0 Å². The van der Waals surface area contributed by atoms with Crippen LogP contribution < -0.4 is 0 Å². The number of benzene rings is 6. The van der Waals surface area contributed by atoms with Crippen molar-refractivity contribution in [2.24, 2.45) is 0 Å². The van der Waals surface area contributed by atoms with Crippen LogP contribution in [0.4, 0.5) is 0 Å². The van der Waals surface area contributed by atoms with Crippen molar-refractivity contribution in [2.75, 3.05) is 0 Å². The Hall–Kier alpha value is -6.19. The Morgan fingerprint density at radius 1 is 0.375 bits per heavy atom. The predicted octanol–water partition coefficient (Wildman–Crippen LogP) is 10.6. The topological polar surface area (TPSA) is 51.2 Å². The highest BCUT2D eigenvalue weighted by Crippen LogP contribution is 2.34. The lowest BCUT2D eigenvalue weighted by Crippen LogP contribution is -2.04. The fourth-order valence-electron chi connectivity index (χ4n) is 6.06. The summed E-state index contributed by atoms with van der Waals surface area (Å²) in [6.45, 7) is 0. The quantitative estimate of drug-likeness (QED) is 0.151. The molecule has 0 amide bonds. The third kappa shape index (κ3) is 6.53. The second kappa shape index (κ2) is 13.7. The van der Waals surface area contributed by atoms with Gasteiger partial charge in [-0.3, -0.25) is 14.4 Å². The van der Waals surface area contributed by atoms with E-state index < -0.39 is 0 Å². The summed E-state index contributed by atoms with van der Waals surface area (Å²) >= 11 is 0. The van der Waals surface area contributed by atoms with Crippen LogP contribution in [0.25, 0.3) is 33.4 Å². The smallest absolute Gasteiger partial charge is 0.193 e. The van der Waals surface area contributed by atoms with Gasteiger partial charge in [-0.1, -0.05) is 152 Å². The molecule has 1 aliphatic carbocycles. The highest BCUT2D eigenvalue weighted by Gasteiger charge is 2.15. The van der Waals surface area contributed by atoms with Gasteiger partial charge in [0.25, 0.3) is 0 Å². The molecule has 0 radical (unpaired) electrons. The molecule has 6 aromatic carbocycles. The van der Waals surface area contributed by atoms with E-state index in [2.05, 4.69) is 24.3 Å². The summed E-state index contributed by atoms with van der Waals surface area (Å²) in [6.07, 6.45) is 7.58. The molecule has 0 bridgehead atoms. The number of carbonyl (C=O) groups is 3. The summed E-state index contributed by atoms with van der Waals surface area (Å²) in [4.78, 5) is 39.2. The van der Waals surface area contributed by atoms with Gasteiger partial charge in [-0.2, -0.15) is 0 Å². The van der Waals surface area contributed by atoms with Crippen LogP contribution >= 0.6 is 0 Å². The molecule has 0 saturated heterocycles. The van der Waals surface area contributed by atoms with E-state index in [1.54, 1.807) is 0 Å².